The Balaban J connectivity index is 2.00. The van der Waals surface area contributed by atoms with Gasteiger partial charge < -0.3 is 15.2 Å². The Labute approximate surface area is 111 Å². The van der Waals surface area contributed by atoms with Gasteiger partial charge in [0.2, 0.25) is 0 Å². The molecule has 2 heterocycles. The lowest BCUT2D eigenvalue weighted by molar-refractivity contribution is 0.474. The van der Waals surface area contributed by atoms with Crippen LogP contribution in [-0.4, -0.2) is 14.5 Å². The van der Waals surface area contributed by atoms with Crippen molar-refractivity contribution in [1.82, 2.24) is 9.38 Å². The summed E-state index contributed by atoms with van der Waals surface area (Å²) in [5, 5.41) is 9.49. The van der Waals surface area contributed by atoms with E-state index in [-0.39, 0.29) is 5.75 Å². The number of phenolic OH excluding ortho intramolecular Hbond substituents is 1. The first-order chi connectivity index (χ1) is 9.26. The Morgan fingerprint density at radius 1 is 1.16 bits per heavy atom. The van der Waals surface area contributed by atoms with Crippen molar-refractivity contribution in [2.24, 2.45) is 5.73 Å². The summed E-state index contributed by atoms with van der Waals surface area (Å²) in [5.41, 5.74) is 8.82. The molecule has 0 aliphatic rings. The molecule has 0 saturated carbocycles. The number of imidazole rings is 1. The Bertz CT molecular complexity index is 718. The molecule has 4 nitrogen and oxygen atoms in total. The second-order valence-corrected chi connectivity index (χ2v) is 4.56. The lowest BCUT2D eigenvalue weighted by Crippen LogP contribution is -2.01. The molecule has 96 valence electrons. The van der Waals surface area contributed by atoms with Crippen molar-refractivity contribution < 1.29 is 5.11 Å². The Kier molecular flexibility index (Phi) is 2.93. The standard InChI is InChI=1S/C15H15N3O/c16-8-12-4-5-13-9-17-15(18(13)10-12)7-11-2-1-3-14(19)6-11/h1-6,9-10,19H,7-8,16H2. The fraction of sp³-hybridized carbons (Fsp3) is 0.133. The molecule has 3 rings (SSSR count). The van der Waals surface area contributed by atoms with Crippen molar-refractivity contribution >= 4 is 5.52 Å². The van der Waals surface area contributed by atoms with Gasteiger partial charge in [0, 0.05) is 19.2 Å². The molecule has 0 aliphatic heterocycles. The van der Waals surface area contributed by atoms with E-state index in [1.165, 1.54) is 0 Å². The Morgan fingerprint density at radius 2 is 2.05 bits per heavy atom. The van der Waals surface area contributed by atoms with Crippen molar-refractivity contribution in [3.8, 4) is 5.75 Å². The molecule has 3 aromatic rings. The minimum absolute atomic E-state index is 0.279. The number of hydrogen-bond acceptors (Lipinski definition) is 3. The van der Waals surface area contributed by atoms with Crippen molar-refractivity contribution in [3.63, 3.8) is 0 Å². The molecule has 0 fully saturated rings. The number of rotatable bonds is 3. The maximum Gasteiger partial charge on any atom is 0.117 e. The lowest BCUT2D eigenvalue weighted by Gasteiger charge is -2.04. The molecule has 4 heteroatoms. The van der Waals surface area contributed by atoms with E-state index in [0.29, 0.717) is 13.0 Å². The van der Waals surface area contributed by atoms with Gasteiger partial charge in [0.15, 0.2) is 0 Å². The van der Waals surface area contributed by atoms with Crippen molar-refractivity contribution in [1.29, 1.82) is 0 Å². The van der Waals surface area contributed by atoms with E-state index in [1.807, 2.05) is 41.1 Å². The first-order valence-electron chi connectivity index (χ1n) is 6.19. The largest absolute Gasteiger partial charge is 0.508 e. The monoisotopic (exact) mass is 253 g/mol. The predicted octanol–water partition coefficient (Wildman–Crippen LogP) is 2.09. The minimum atomic E-state index is 0.279. The van der Waals surface area contributed by atoms with Gasteiger partial charge in [-0.15, -0.1) is 0 Å². The fourth-order valence-electron chi connectivity index (χ4n) is 2.19. The molecular formula is C15H15N3O. The number of fused-ring (bicyclic) bond motifs is 1. The third kappa shape index (κ3) is 2.30. The Hall–Kier alpha value is -2.33. The molecular weight excluding hydrogens is 238 g/mol. The highest BCUT2D eigenvalue weighted by atomic mass is 16.3. The van der Waals surface area contributed by atoms with Crippen LogP contribution in [-0.2, 0) is 13.0 Å². The van der Waals surface area contributed by atoms with E-state index in [4.69, 9.17) is 5.73 Å². The second-order valence-electron chi connectivity index (χ2n) is 4.56. The van der Waals surface area contributed by atoms with Gasteiger partial charge in [-0.05, 0) is 29.3 Å². The molecule has 0 aliphatic carbocycles. The summed E-state index contributed by atoms with van der Waals surface area (Å²) in [6, 6.07) is 11.3. The van der Waals surface area contributed by atoms with Crippen molar-refractivity contribution in [3.05, 3.63) is 65.7 Å². The van der Waals surface area contributed by atoms with Gasteiger partial charge in [0.25, 0.3) is 0 Å². The number of pyridine rings is 1. The third-order valence-electron chi connectivity index (χ3n) is 3.17. The van der Waals surface area contributed by atoms with Crippen LogP contribution in [0, 0.1) is 0 Å². The van der Waals surface area contributed by atoms with Gasteiger partial charge in [-0.3, -0.25) is 0 Å². The average molecular weight is 253 g/mol. The molecule has 0 atom stereocenters. The van der Waals surface area contributed by atoms with Gasteiger partial charge in [-0.1, -0.05) is 18.2 Å². The Morgan fingerprint density at radius 3 is 2.84 bits per heavy atom. The van der Waals surface area contributed by atoms with E-state index in [1.54, 1.807) is 12.1 Å². The second kappa shape index (κ2) is 4.74. The summed E-state index contributed by atoms with van der Waals surface area (Å²) in [7, 11) is 0. The number of benzene rings is 1. The lowest BCUT2D eigenvalue weighted by atomic mass is 10.1. The molecule has 1 aromatic carbocycles. The summed E-state index contributed by atoms with van der Waals surface area (Å²) < 4.78 is 2.05. The van der Waals surface area contributed by atoms with Crippen LogP contribution < -0.4 is 5.73 Å². The van der Waals surface area contributed by atoms with Crippen LogP contribution >= 0.6 is 0 Å². The summed E-state index contributed by atoms with van der Waals surface area (Å²) in [6.07, 6.45) is 4.54. The summed E-state index contributed by atoms with van der Waals surface area (Å²) in [4.78, 5) is 4.44. The molecule has 3 N–H and O–H groups in total. The van der Waals surface area contributed by atoms with Gasteiger partial charge in [-0.25, -0.2) is 4.98 Å². The first kappa shape index (κ1) is 11.7. The highest BCUT2D eigenvalue weighted by molar-refractivity contribution is 5.47. The summed E-state index contributed by atoms with van der Waals surface area (Å²) in [5.74, 6) is 1.22. The van der Waals surface area contributed by atoms with E-state index in [2.05, 4.69) is 4.98 Å². The molecule has 0 radical (unpaired) electrons. The normalized spacial score (nSPS) is 11.0. The zero-order chi connectivity index (χ0) is 13.2. The minimum Gasteiger partial charge on any atom is -0.508 e. The maximum absolute atomic E-state index is 9.49. The molecule has 0 amide bonds. The van der Waals surface area contributed by atoms with Crippen LogP contribution in [0.15, 0.2) is 48.8 Å². The molecule has 0 bridgehead atoms. The average Bonchev–Trinajstić information content (AvgIpc) is 2.81. The number of phenols is 1. The highest BCUT2D eigenvalue weighted by Gasteiger charge is 2.05. The van der Waals surface area contributed by atoms with Gasteiger partial charge in [0.05, 0.1) is 11.7 Å². The van der Waals surface area contributed by atoms with Crippen molar-refractivity contribution in [2.75, 3.05) is 0 Å². The van der Waals surface area contributed by atoms with E-state index in [0.717, 1.165) is 22.5 Å². The van der Waals surface area contributed by atoms with Gasteiger partial charge in [0.1, 0.15) is 11.6 Å². The topological polar surface area (TPSA) is 63.5 Å². The zero-order valence-electron chi connectivity index (χ0n) is 10.5. The smallest absolute Gasteiger partial charge is 0.117 e. The first-order valence-corrected chi connectivity index (χ1v) is 6.19. The molecule has 2 aromatic heterocycles. The number of hydrogen-bond donors (Lipinski definition) is 2. The van der Waals surface area contributed by atoms with Crippen LogP contribution in [0.4, 0.5) is 0 Å². The molecule has 0 unspecified atom stereocenters. The predicted molar refractivity (Wildman–Crippen MR) is 74.0 cm³/mol. The molecule has 0 spiro atoms. The summed E-state index contributed by atoms with van der Waals surface area (Å²) >= 11 is 0. The number of nitrogens with two attached hydrogens (primary N) is 1. The maximum atomic E-state index is 9.49. The van der Waals surface area contributed by atoms with Gasteiger partial charge in [-0.2, -0.15) is 0 Å². The van der Waals surface area contributed by atoms with Gasteiger partial charge >= 0.3 is 0 Å². The molecule has 0 saturated heterocycles. The number of aromatic nitrogens is 2. The number of nitrogens with zero attached hydrogens (tertiary/aromatic N) is 2. The fourth-order valence-corrected chi connectivity index (χ4v) is 2.19. The van der Waals surface area contributed by atoms with E-state index in [9.17, 15) is 5.11 Å². The van der Waals surface area contributed by atoms with Crippen LogP contribution in [0.5, 0.6) is 5.75 Å². The van der Waals surface area contributed by atoms with E-state index >= 15 is 0 Å². The SMILES string of the molecule is NCc1ccc2cnc(Cc3cccc(O)c3)n2c1. The van der Waals surface area contributed by atoms with E-state index < -0.39 is 0 Å². The van der Waals surface area contributed by atoms with Crippen LogP contribution in [0.1, 0.15) is 17.0 Å². The molecule has 19 heavy (non-hydrogen) atoms. The third-order valence-corrected chi connectivity index (χ3v) is 3.17. The summed E-state index contributed by atoms with van der Waals surface area (Å²) in [6.45, 7) is 0.514. The quantitative estimate of drug-likeness (QED) is 0.751. The van der Waals surface area contributed by atoms with Crippen LogP contribution in [0.3, 0.4) is 0 Å². The zero-order valence-corrected chi connectivity index (χ0v) is 10.5. The van der Waals surface area contributed by atoms with Crippen LogP contribution in [0.2, 0.25) is 0 Å². The van der Waals surface area contributed by atoms with Crippen molar-refractivity contribution in [2.45, 2.75) is 13.0 Å². The highest BCUT2D eigenvalue weighted by Crippen LogP contribution is 2.16. The van der Waals surface area contributed by atoms with Crippen LogP contribution in [0.25, 0.3) is 5.52 Å². The number of aromatic hydroxyl groups is 1.